The smallest absolute Gasteiger partial charge is 0.255 e. The minimum absolute atomic E-state index is 0.00551. The Morgan fingerprint density at radius 2 is 2.05 bits per heavy atom. The van der Waals surface area contributed by atoms with E-state index in [9.17, 15) is 4.79 Å². The lowest BCUT2D eigenvalue weighted by Crippen LogP contribution is -2.39. The summed E-state index contributed by atoms with van der Waals surface area (Å²) in [5, 5.41) is 8.96. The fourth-order valence-electron chi connectivity index (χ4n) is 2.87. The minimum atomic E-state index is 0.00551. The largest absolute Gasteiger partial charge is 0.322 e. The van der Waals surface area contributed by atoms with E-state index in [1.807, 2.05) is 32.0 Å². The first kappa shape index (κ1) is 13.6. The van der Waals surface area contributed by atoms with Gasteiger partial charge in [0, 0.05) is 11.6 Å². The zero-order chi connectivity index (χ0) is 13.8. The Hall–Kier alpha value is -1.82. The molecule has 0 saturated heterocycles. The topological polar surface area (TPSA) is 44.1 Å². The summed E-state index contributed by atoms with van der Waals surface area (Å²) < 4.78 is 0. The maximum atomic E-state index is 12.6. The molecule has 1 aromatic rings. The number of nitrogens with zero attached hydrogens (tertiary/aromatic N) is 2. The van der Waals surface area contributed by atoms with E-state index >= 15 is 0 Å². The molecule has 0 bridgehead atoms. The van der Waals surface area contributed by atoms with Crippen molar-refractivity contribution in [1.29, 1.82) is 5.26 Å². The predicted molar refractivity (Wildman–Crippen MR) is 74.8 cm³/mol. The van der Waals surface area contributed by atoms with Crippen molar-refractivity contribution in [2.45, 2.75) is 45.6 Å². The van der Waals surface area contributed by atoms with Crippen molar-refractivity contribution in [2.75, 3.05) is 6.54 Å². The molecule has 1 aromatic carbocycles. The van der Waals surface area contributed by atoms with Crippen LogP contribution in [0.25, 0.3) is 0 Å². The van der Waals surface area contributed by atoms with Crippen molar-refractivity contribution in [3.05, 3.63) is 34.9 Å². The first-order chi connectivity index (χ1) is 9.13. The first-order valence-electron chi connectivity index (χ1n) is 6.88. The maximum Gasteiger partial charge on any atom is 0.255 e. The third kappa shape index (κ3) is 2.96. The van der Waals surface area contributed by atoms with Crippen LogP contribution in [0.1, 0.15) is 47.2 Å². The maximum absolute atomic E-state index is 12.6. The lowest BCUT2D eigenvalue weighted by molar-refractivity contribution is 0.0708. The van der Waals surface area contributed by atoms with Gasteiger partial charge in [-0.1, -0.05) is 30.5 Å². The Labute approximate surface area is 114 Å². The third-order valence-electron chi connectivity index (χ3n) is 3.88. The van der Waals surface area contributed by atoms with Gasteiger partial charge in [-0.25, -0.2) is 0 Å². The molecule has 1 aliphatic rings. The first-order valence-corrected chi connectivity index (χ1v) is 6.88. The van der Waals surface area contributed by atoms with E-state index in [0.29, 0.717) is 0 Å². The molecule has 1 amide bonds. The van der Waals surface area contributed by atoms with Crippen LogP contribution >= 0.6 is 0 Å². The molecule has 0 unspecified atom stereocenters. The van der Waals surface area contributed by atoms with E-state index in [-0.39, 0.29) is 18.5 Å². The van der Waals surface area contributed by atoms with Crippen molar-refractivity contribution in [3.63, 3.8) is 0 Å². The molecule has 1 aliphatic carbocycles. The molecular weight excluding hydrogens is 236 g/mol. The Bertz CT molecular complexity index is 510. The van der Waals surface area contributed by atoms with Crippen LogP contribution in [-0.4, -0.2) is 23.4 Å². The number of carbonyl (C=O) groups is 1. The molecule has 0 atom stereocenters. The highest BCUT2D eigenvalue weighted by molar-refractivity contribution is 5.96. The molecule has 3 nitrogen and oxygen atoms in total. The summed E-state index contributed by atoms with van der Waals surface area (Å²) in [7, 11) is 0. The second kappa shape index (κ2) is 5.88. The fourth-order valence-corrected chi connectivity index (χ4v) is 2.87. The van der Waals surface area contributed by atoms with E-state index in [4.69, 9.17) is 5.26 Å². The van der Waals surface area contributed by atoms with Crippen LogP contribution in [-0.2, 0) is 0 Å². The minimum Gasteiger partial charge on any atom is -0.322 e. The third-order valence-corrected chi connectivity index (χ3v) is 3.88. The molecule has 1 fully saturated rings. The summed E-state index contributed by atoms with van der Waals surface area (Å²) in [6.07, 6.45) is 4.37. The van der Waals surface area contributed by atoms with E-state index in [2.05, 4.69) is 6.07 Å². The monoisotopic (exact) mass is 256 g/mol. The van der Waals surface area contributed by atoms with Crippen molar-refractivity contribution in [3.8, 4) is 6.07 Å². The quantitative estimate of drug-likeness (QED) is 0.779. The van der Waals surface area contributed by atoms with Crippen molar-refractivity contribution < 1.29 is 4.79 Å². The van der Waals surface area contributed by atoms with Gasteiger partial charge in [-0.05, 0) is 38.3 Å². The van der Waals surface area contributed by atoms with Crippen molar-refractivity contribution >= 4 is 5.91 Å². The van der Waals surface area contributed by atoms with Crippen LogP contribution in [0.2, 0.25) is 0 Å². The van der Waals surface area contributed by atoms with Gasteiger partial charge in [0.2, 0.25) is 0 Å². The highest BCUT2D eigenvalue weighted by Crippen LogP contribution is 2.25. The standard InChI is InChI=1S/C16H20N2O/c1-12-7-8-15(13(2)11-12)16(19)18(10-9-17)14-5-3-4-6-14/h7-8,11,14H,3-6,10H2,1-2H3. The summed E-state index contributed by atoms with van der Waals surface area (Å²) in [4.78, 5) is 14.4. The van der Waals surface area contributed by atoms with Gasteiger partial charge in [0.05, 0.1) is 6.07 Å². The number of rotatable bonds is 3. The molecule has 0 spiro atoms. The van der Waals surface area contributed by atoms with E-state index in [1.165, 1.54) is 0 Å². The van der Waals surface area contributed by atoms with Crippen LogP contribution in [0.4, 0.5) is 0 Å². The van der Waals surface area contributed by atoms with E-state index in [1.54, 1.807) is 4.90 Å². The predicted octanol–water partition coefficient (Wildman–Crippen LogP) is 3.21. The second-order valence-electron chi connectivity index (χ2n) is 5.35. The van der Waals surface area contributed by atoms with Crippen LogP contribution in [0.15, 0.2) is 18.2 Å². The summed E-state index contributed by atoms with van der Waals surface area (Å²) in [6.45, 7) is 4.17. The van der Waals surface area contributed by atoms with Gasteiger partial charge in [-0.3, -0.25) is 4.79 Å². The molecule has 0 heterocycles. The Balaban J connectivity index is 2.25. The van der Waals surface area contributed by atoms with Gasteiger partial charge < -0.3 is 4.90 Å². The van der Waals surface area contributed by atoms with Crippen LogP contribution in [0.5, 0.6) is 0 Å². The summed E-state index contributed by atoms with van der Waals surface area (Å²) >= 11 is 0. The average Bonchev–Trinajstić information content (AvgIpc) is 2.89. The number of nitriles is 1. The fraction of sp³-hybridized carbons (Fsp3) is 0.500. The van der Waals surface area contributed by atoms with Gasteiger partial charge >= 0.3 is 0 Å². The number of hydrogen-bond acceptors (Lipinski definition) is 2. The molecule has 0 N–H and O–H groups in total. The molecule has 2 rings (SSSR count). The van der Waals surface area contributed by atoms with Crippen LogP contribution < -0.4 is 0 Å². The Kier molecular flexibility index (Phi) is 4.21. The number of hydrogen-bond donors (Lipinski definition) is 0. The van der Waals surface area contributed by atoms with Gasteiger partial charge in [-0.2, -0.15) is 5.26 Å². The average molecular weight is 256 g/mol. The molecule has 1 saturated carbocycles. The van der Waals surface area contributed by atoms with Crippen molar-refractivity contribution in [2.24, 2.45) is 0 Å². The zero-order valence-electron chi connectivity index (χ0n) is 11.6. The SMILES string of the molecule is Cc1ccc(C(=O)N(CC#N)C2CCCC2)c(C)c1. The van der Waals surface area contributed by atoms with Gasteiger partial charge in [0.1, 0.15) is 6.54 Å². The highest BCUT2D eigenvalue weighted by atomic mass is 16.2. The summed E-state index contributed by atoms with van der Waals surface area (Å²) in [5.74, 6) is 0.00551. The molecular formula is C16H20N2O. The summed E-state index contributed by atoms with van der Waals surface area (Å²) in [5.41, 5.74) is 2.88. The molecule has 0 radical (unpaired) electrons. The van der Waals surface area contributed by atoms with Crippen LogP contribution in [0.3, 0.4) is 0 Å². The van der Waals surface area contributed by atoms with Gasteiger partial charge in [0.25, 0.3) is 5.91 Å². The van der Waals surface area contributed by atoms with Crippen molar-refractivity contribution in [1.82, 2.24) is 4.90 Å². The van der Waals surface area contributed by atoms with E-state index < -0.39 is 0 Å². The molecule has 19 heavy (non-hydrogen) atoms. The highest BCUT2D eigenvalue weighted by Gasteiger charge is 2.27. The number of benzene rings is 1. The molecule has 100 valence electrons. The normalized spacial score (nSPS) is 15.2. The zero-order valence-corrected chi connectivity index (χ0v) is 11.6. The lowest BCUT2D eigenvalue weighted by atomic mass is 10.0. The number of aryl methyl sites for hydroxylation is 2. The number of amides is 1. The van der Waals surface area contributed by atoms with E-state index in [0.717, 1.165) is 42.4 Å². The molecule has 0 aliphatic heterocycles. The van der Waals surface area contributed by atoms with Crippen LogP contribution in [0, 0.1) is 25.2 Å². The van der Waals surface area contributed by atoms with Gasteiger partial charge in [-0.15, -0.1) is 0 Å². The summed E-state index contributed by atoms with van der Waals surface area (Å²) in [6, 6.07) is 8.23. The Morgan fingerprint density at radius 1 is 1.37 bits per heavy atom. The molecule has 3 heteroatoms. The number of carbonyl (C=O) groups excluding carboxylic acids is 1. The second-order valence-corrected chi connectivity index (χ2v) is 5.35. The molecule has 0 aromatic heterocycles. The lowest BCUT2D eigenvalue weighted by Gasteiger charge is -2.27. The Morgan fingerprint density at radius 3 is 2.63 bits per heavy atom. The van der Waals surface area contributed by atoms with Gasteiger partial charge in [0.15, 0.2) is 0 Å².